The topological polar surface area (TPSA) is 63.8 Å². The van der Waals surface area contributed by atoms with E-state index in [0.29, 0.717) is 5.92 Å². The first kappa shape index (κ1) is 9.69. The van der Waals surface area contributed by atoms with Gasteiger partial charge in [-0.15, -0.1) is 0 Å². The maximum absolute atomic E-state index is 5.60. The van der Waals surface area contributed by atoms with Crippen LogP contribution >= 0.6 is 0 Å². The van der Waals surface area contributed by atoms with Crippen LogP contribution in [-0.2, 0) is 0 Å². The maximum Gasteiger partial charge on any atom is 0.0890 e. The minimum atomic E-state index is 0.256. The van der Waals surface area contributed by atoms with E-state index < -0.39 is 0 Å². The van der Waals surface area contributed by atoms with E-state index in [-0.39, 0.29) is 6.04 Å². The number of rotatable bonds is 3. The van der Waals surface area contributed by atoms with Crippen LogP contribution in [0.25, 0.3) is 11.0 Å². The second-order valence-electron chi connectivity index (χ2n) is 4.29. The van der Waals surface area contributed by atoms with Crippen molar-refractivity contribution in [2.75, 3.05) is 0 Å². The van der Waals surface area contributed by atoms with Crippen molar-refractivity contribution in [2.45, 2.75) is 18.9 Å². The molecule has 1 saturated carbocycles. The lowest BCUT2D eigenvalue weighted by Crippen LogP contribution is -2.29. The SMILES string of the molecule is NNC(c1ccc2nccnc2c1)C1CC1. The molecule has 0 saturated heterocycles. The van der Waals surface area contributed by atoms with Gasteiger partial charge in [0.05, 0.1) is 11.0 Å². The van der Waals surface area contributed by atoms with Crippen LogP contribution < -0.4 is 11.3 Å². The number of hydrogen-bond acceptors (Lipinski definition) is 4. The summed E-state index contributed by atoms with van der Waals surface area (Å²) >= 11 is 0. The van der Waals surface area contributed by atoms with Gasteiger partial charge in [0.1, 0.15) is 0 Å². The molecule has 16 heavy (non-hydrogen) atoms. The van der Waals surface area contributed by atoms with Crippen LogP contribution in [0.5, 0.6) is 0 Å². The van der Waals surface area contributed by atoms with Crippen LogP contribution in [0.4, 0.5) is 0 Å². The summed E-state index contributed by atoms with van der Waals surface area (Å²) in [6, 6.07) is 6.42. The molecule has 1 atom stereocenters. The molecule has 4 nitrogen and oxygen atoms in total. The van der Waals surface area contributed by atoms with Gasteiger partial charge < -0.3 is 0 Å². The Bertz CT molecular complexity index is 507. The molecule has 1 heterocycles. The monoisotopic (exact) mass is 214 g/mol. The van der Waals surface area contributed by atoms with Crippen LogP contribution in [0.2, 0.25) is 0 Å². The molecule has 4 heteroatoms. The summed E-state index contributed by atoms with van der Waals surface area (Å²) in [6.45, 7) is 0. The number of nitrogens with two attached hydrogens (primary N) is 1. The molecular weight excluding hydrogens is 200 g/mol. The fraction of sp³-hybridized carbons (Fsp3) is 0.333. The number of fused-ring (bicyclic) bond motifs is 1. The quantitative estimate of drug-likeness (QED) is 0.601. The first-order valence-corrected chi connectivity index (χ1v) is 5.55. The van der Waals surface area contributed by atoms with Crippen LogP contribution in [0.15, 0.2) is 30.6 Å². The van der Waals surface area contributed by atoms with Gasteiger partial charge in [-0.25, -0.2) is 0 Å². The van der Waals surface area contributed by atoms with E-state index in [1.165, 1.54) is 18.4 Å². The molecule has 0 radical (unpaired) electrons. The molecule has 1 aromatic heterocycles. The van der Waals surface area contributed by atoms with Gasteiger partial charge >= 0.3 is 0 Å². The third kappa shape index (κ3) is 1.66. The molecule has 0 bridgehead atoms. The lowest BCUT2D eigenvalue weighted by molar-refractivity contribution is 0.497. The van der Waals surface area contributed by atoms with E-state index in [1.54, 1.807) is 12.4 Å². The average Bonchev–Trinajstić information content (AvgIpc) is 3.14. The number of aromatic nitrogens is 2. The highest BCUT2D eigenvalue weighted by Crippen LogP contribution is 2.40. The third-order valence-electron chi connectivity index (χ3n) is 3.13. The highest BCUT2D eigenvalue weighted by atomic mass is 15.2. The summed E-state index contributed by atoms with van der Waals surface area (Å²) in [5.74, 6) is 6.28. The van der Waals surface area contributed by atoms with Crippen LogP contribution in [0, 0.1) is 5.92 Å². The van der Waals surface area contributed by atoms with Gasteiger partial charge in [0, 0.05) is 18.4 Å². The van der Waals surface area contributed by atoms with Crippen molar-refractivity contribution in [2.24, 2.45) is 11.8 Å². The molecule has 2 aromatic rings. The van der Waals surface area contributed by atoms with Gasteiger partial charge in [0.15, 0.2) is 0 Å². The van der Waals surface area contributed by atoms with Gasteiger partial charge in [0.2, 0.25) is 0 Å². The first-order valence-electron chi connectivity index (χ1n) is 5.55. The number of benzene rings is 1. The normalized spacial score (nSPS) is 17.6. The Morgan fingerprint density at radius 2 is 1.94 bits per heavy atom. The number of nitrogens with zero attached hydrogens (tertiary/aromatic N) is 2. The Morgan fingerprint density at radius 1 is 1.19 bits per heavy atom. The zero-order valence-corrected chi connectivity index (χ0v) is 8.93. The van der Waals surface area contributed by atoms with Crippen molar-refractivity contribution in [1.29, 1.82) is 0 Å². The number of hydrazine groups is 1. The van der Waals surface area contributed by atoms with Gasteiger partial charge in [-0.3, -0.25) is 21.2 Å². The fourth-order valence-corrected chi connectivity index (χ4v) is 2.11. The number of hydrogen-bond donors (Lipinski definition) is 2. The summed E-state index contributed by atoms with van der Waals surface area (Å²) in [7, 11) is 0. The van der Waals surface area contributed by atoms with Gasteiger partial charge in [-0.2, -0.15) is 0 Å². The second-order valence-corrected chi connectivity index (χ2v) is 4.29. The first-order chi connectivity index (χ1) is 7.88. The standard InChI is InChI=1S/C12H14N4/c13-16-12(8-1-2-8)9-3-4-10-11(7-9)15-6-5-14-10/h3-8,12,16H,1-2,13H2. The molecule has 3 N–H and O–H groups in total. The van der Waals surface area contributed by atoms with Gasteiger partial charge in [0.25, 0.3) is 0 Å². The summed E-state index contributed by atoms with van der Waals surface area (Å²) < 4.78 is 0. The zero-order valence-electron chi connectivity index (χ0n) is 8.93. The molecule has 1 unspecified atom stereocenters. The van der Waals surface area contributed by atoms with E-state index in [4.69, 9.17) is 5.84 Å². The largest absolute Gasteiger partial charge is 0.271 e. The third-order valence-corrected chi connectivity index (χ3v) is 3.13. The second kappa shape index (κ2) is 3.81. The highest BCUT2D eigenvalue weighted by Gasteiger charge is 2.31. The lowest BCUT2D eigenvalue weighted by atomic mass is 10.0. The summed E-state index contributed by atoms with van der Waals surface area (Å²) in [5.41, 5.74) is 5.96. The molecule has 1 aromatic carbocycles. The molecule has 1 aliphatic rings. The average molecular weight is 214 g/mol. The zero-order chi connectivity index (χ0) is 11.0. The summed E-state index contributed by atoms with van der Waals surface area (Å²) in [4.78, 5) is 8.56. The minimum absolute atomic E-state index is 0.256. The van der Waals surface area contributed by atoms with Crippen LogP contribution in [-0.4, -0.2) is 9.97 Å². The Hall–Kier alpha value is -1.52. The van der Waals surface area contributed by atoms with E-state index in [1.807, 2.05) is 6.07 Å². The molecule has 82 valence electrons. The molecular formula is C12H14N4. The van der Waals surface area contributed by atoms with E-state index in [2.05, 4.69) is 27.5 Å². The predicted octanol–water partition coefficient (Wildman–Crippen LogP) is 1.54. The fourth-order valence-electron chi connectivity index (χ4n) is 2.11. The molecule has 3 rings (SSSR count). The Kier molecular flexibility index (Phi) is 2.31. The summed E-state index contributed by atoms with van der Waals surface area (Å²) in [5, 5.41) is 0. The van der Waals surface area contributed by atoms with E-state index >= 15 is 0 Å². The van der Waals surface area contributed by atoms with E-state index in [9.17, 15) is 0 Å². The van der Waals surface area contributed by atoms with Gasteiger partial charge in [-0.05, 0) is 36.5 Å². The Balaban J connectivity index is 2.03. The van der Waals surface area contributed by atoms with Crippen molar-refractivity contribution in [1.82, 2.24) is 15.4 Å². The molecule has 0 spiro atoms. The van der Waals surface area contributed by atoms with Crippen molar-refractivity contribution in [3.63, 3.8) is 0 Å². The van der Waals surface area contributed by atoms with Crippen molar-refractivity contribution < 1.29 is 0 Å². The lowest BCUT2D eigenvalue weighted by Gasteiger charge is -2.15. The molecule has 0 aliphatic heterocycles. The predicted molar refractivity (Wildman–Crippen MR) is 62.3 cm³/mol. The van der Waals surface area contributed by atoms with Crippen molar-refractivity contribution >= 4 is 11.0 Å². The highest BCUT2D eigenvalue weighted by molar-refractivity contribution is 5.74. The Labute approximate surface area is 93.9 Å². The van der Waals surface area contributed by atoms with Gasteiger partial charge in [-0.1, -0.05) is 6.07 Å². The number of nitrogens with one attached hydrogen (secondary N) is 1. The molecule has 1 aliphatic carbocycles. The van der Waals surface area contributed by atoms with Crippen molar-refractivity contribution in [3.05, 3.63) is 36.2 Å². The van der Waals surface area contributed by atoms with Crippen molar-refractivity contribution in [3.8, 4) is 0 Å². The molecule has 0 amide bonds. The smallest absolute Gasteiger partial charge is 0.0890 e. The van der Waals surface area contributed by atoms with Crippen LogP contribution in [0.1, 0.15) is 24.4 Å². The maximum atomic E-state index is 5.60. The van der Waals surface area contributed by atoms with Crippen LogP contribution in [0.3, 0.4) is 0 Å². The minimum Gasteiger partial charge on any atom is -0.271 e. The Morgan fingerprint density at radius 3 is 2.62 bits per heavy atom. The summed E-state index contributed by atoms with van der Waals surface area (Å²) in [6.07, 6.45) is 5.94. The molecule has 1 fully saturated rings. The van der Waals surface area contributed by atoms with E-state index in [0.717, 1.165) is 11.0 Å².